The van der Waals surface area contributed by atoms with Gasteiger partial charge in [0.1, 0.15) is 0 Å². The van der Waals surface area contributed by atoms with E-state index < -0.39 is 6.10 Å². The van der Waals surface area contributed by atoms with E-state index in [-0.39, 0.29) is 6.61 Å². The number of aliphatic hydroxyl groups excluding tert-OH is 1. The molecule has 0 amide bonds. The molecule has 0 bridgehead atoms. The molecule has 0 aliphatic carbocycles. The summed E-state index contributed by atoms with van der Waals surface area (Å²) in [6, 6.07) is 15.3. The molecule has 0 aromatic heterocycles. The van der Waals surface area contributed by atoms with Gasteiger partial charge in [-0.3, -0.25) is 0 Å². The van der Waals surface area contributed by atoms with Gasteiger partial charge in [-0.25, -0.2) is 0 Å². The van der Waals surface area contributed by atoms with Crippen molar-refractivity contribution in [2.75, 3.05) is 18.5 Å². The van der Waals surface area contributed by atoms with Gasteiger partial charge in [0.05, 0.1) is 19.3 Å². The normalized spacial score (nSPS) is 12.1. The molecule has 1 unspecified atom stereocenters. The maximum atomic E-state index is 9.88. The van der Waals surface area contributed by atoms with Crippen LogP contribution in [0.5, 0.6) is 0 Å². The van der Waals surface area contributed by atoms with Crippen LogP contribution in [0.2, 0.25) is 5.02 Å². The van der Waals surface area contributed by atoms with Gasteiger partial charge in [-0.1, -0.05) is 45.7 Å². The highest BCUT2D eigenvalue weighted by Crippen LogP contribution is 2.16. The molecule has 2 aromatic carbocycles. The van der Waals surface area contributed by atoms with Crippen LogP contribution in [0.3, 0.4) is 0 Å². The Morgan fingerprint density at radius 3 is 2.57 bits per heavy atom. The number of aliphatic hydroxyl groups is 1. The van der Waals surface area contributed by atoms with E-state index in [9.17, 15) is 5.11 Å². The third-order valence-electron chi connectivity index (χ3n) is 2.91. The number of ether oxygens (including phenoxy) is 1. The summed E-state index contributed by atoms with van der Waals surface area (Å²) in [6.45, 7) is 1.09. The van der Waals surface area contributed by atoms with Crippen molar-refractivity contribution in [3.05, 3.63) is 63.6 Å². The number of benzene rings is 2. The molecule has 3 nitrogen and oxygen atoms in total. The van der Waals surface area contributed by atoms with Gasteiger partial charge in [-0.2, -0.15) is 0 Å². The zero-order valence-corrected chi connectivity index (χ0v) is 13.8. The van der Waals surface area contributed by atoms with Crippen LogP contribution in [-0.2, 0) is 11.3 Å². The largest absolute Gasteiger partial charge is 0.389 e. The number of nitrogens with one attached hydrogen (secondary N) is 1. The van der Waals surface area contributed by atoms with E-state index in [2.05, 4.69) is 21.2 Å². The second kappa shape index (κ2) is 8.39. The molecular weight excluding hydrogens is 354 g/mol. The first-order valence-corrected chi connectivity index (χ1v) is 7.81. The van der Waals surface area contributed by atoms with Crippen LogP contribution in [0, 0.1) is 0 Å². The second-order valence-corrected chi connectivity index (χ2v) is 5.97. The molecule has 0 fully saturated rings. The van der Waals surface area contributed by atoms with E-state index in [4.69, 9.17) is 16.3 Å². The Bertz CT molecular complexity index is 562. The molecule has 0 radical (unpaired) electrons. The lowest BCUT2D eigenvalue weighted by molar-refractivity contribution is 0.0348. The van der Waals surface area contributed by atoms with E-state index >= 15 is 0 Å². The Labute approximate surface area is 138 Å². The fourth-order valence-corrected chi connectivity index (χ4v) is 2.24. The number of rotatable bonds is 7. The molecule has 0 aliphatic heterocycles. The second-order valence-electron chi connectivity index (χ2n) is 4.65. The summed E-state index contributed by atoms with van der Waals surface area (Å²) in [5.74, 6) is 0. The monoisotopic (exact) mass is 369 g/mol. The average Bonchev–Trinajstić information content (AvgIpc) is 2.49. The third kappa shape index (κ3) is 5.67. The number of hydrogen-bond acceptors (Lipinski definition) is 3. The van der Waals surface area contributed by atoms with Crippen molar-refractivity contribution in [2.24, 2.45) is 0 Å². The maximum absolute atomic E-state index is 9.88. The molecule has 1 atom stereocenters. The van der Waals surface area contributed by atoms with Gasteiger partial charge in [0, 0.05) is 21.7 Å². The molecule has 21 heavy (non-hydrogen) atoms. The van der Waals surface area contributed by atoms with Crippen molar-refractivity contribution < 1.29 is 9.84 Å². The van der Waals surface area contributed by atoms with E-state index in [1.54, 1.807) is 0 Å². The van der Waals surface area contributed by atoms with Crippen LogP contribution in [0.4, 0.5) is 5.69 Å². The highest BCUT2D eigenvalue weighted by molar-refractivity contribution is 9.10. The third-order valence-corrected chi connectivity index (χ3v) is 3.81. The van der Waals surface area contributed by atoms with Crippen LogP contribution in [-0.4, -0.2) is 24.4 Å². The van der Waals surface area contributed by atoms with Gasteiger partial charge in [-0.15, -0.1) is 0 Å². The Hall–Kier alpha value is -1.07. The first-order chi connectivity index (χ1) is 10.1. The Morgan fingerprint density at radius 2 is 1.86 bits per heavy atom. The van der Waals surface area contributed by atoms with E-state index in [1.165, 1.54) is 0 Å². The Morgan fingerprint density at radius 1 is 1.14 bits per heavy atom. The standard InChI is InChI=1S/C16H17BrClNO2/c17-13-5-7-14(8-6-13)19-9-15(20)11-21-10-12-3-1-2-4-16(12)18/h1-8,15,19-20H,9-11H2. The molecule has 0 saturated carbocycles. The predicted octanol–water partition coefficient (Wildman–Crippen LogP) is 4.09. The minimum Gasteiger partial charge on any atom is -0.389 e. The van der Waals surface area contributed by atoms with Crippen molar-refractivity contribution in [3.8, 4) is 0 Å². The molecule has 2 rings (SSSR count). The van der Waals surface area contributed by atoms with Crippen molar-refractivity contribution >= 4 is 33.2 Å². The SMILES string of the molecule is OC(CNc1ccc(Br)cc1)COCc1ccccc1Cl. The Kier molecular flexibility index (Phi) is 6.51. The molecule has 112 valence electrons. The summed E-state index contributed by atoms with van der Waals surface area (Å²) in [5, 5.41) is 13.7. The Balaban J connectivity index is 1.69. The smallest absolute Gasteiger partial charge is 0.0945 e. The van der Waals surface area contributed by atoms with Crippen molar-refractivity contribution in [2.45, 2.75) is 12.7 Å². The molecule has 2 N–H and O–H groups in total. The highest BCUT2D eigenvalue weighted by atomic mass is 79.9. The van der Waals surface area contributed by atoms with E-state index in [1.807, 2.05) is 48.5 Å². The van der Waals surface area contributed by atoms with E-state index in [0.29, 0.717) is 18.2 Å². The average molecular weight is 371 g/mol. The number of halogens is 2. The van der Waals surface area contributed by atoms with Gasteiger partial charge in [0.2, 0.25) is 0 Å². The van der Waals surface area contributed by atoms with Gasteiger partial charge in [-0.05, 0) is 35.9 Å². The molecule has 0 heterocycles. The number of hydrogen-bond donors (Lipinski definition) is 2. The van der Waals surface area contributed by atoms with E-state index in [0.717, 1.165) is 15.7 Å². The zero-order valence-electron chi connectivity index (χ0n) is 11.4. The number of anilines is 1. The summed E-state index contributed by atoms with van der Waals surface area (Å²) in [7, 11) is 0. The predicted molar refractivity (Wildman–Crippen MR) is 89.7 cm³/mol. The summed E-state index contributed by atoms with van der Waals surface area (Å²) < 4.78 is 6.51. The lowest BCUT2D eigenvalue weighted by Crippen LogP contribution is -2.24. The highest BCUT2D eigenvalue weighted by Gasteiger charge is 2.05. The summed E-state index contributed by atoms with van der Waals surface area (Å²) in [5.41, 5.74) is 1.88. The summed E-state index contributed by atoms with van der Waals surface area (Å²) in [4.78, 5) is 0. The maximum Gasteiger partial charge on any atom is 0.0945 e. The summed E-state index contributed by atoms with van der Waals surface area (Å²) in [6.07, 6.45) is -0.573. The molecular formula is C16H17BrClNO2. The topological polar surface area (TPSA) is 41.5 Å². The van der Waals surface area contributed by atoms with Crippen LogP contribution in [0.15, 0.2) is 53.0 Å². The zero-order chi connectivity index (χ0) is 15.1. The van der Waals surface area contributed by atoms with Crippen LogP contribution < -0.4 is 5.32 Å². The van der Waals surface area contributed by atoms with Gasteiger partial charge >= 0.3 is 0 Å². The van der Waals surface area contributed by atoms with Crippen molar-refractivity contribution in [1.29, 1.82) is 0 Å². The fourth-order valence-electron chi connectivity index (χ4n) is 1.78. The molecule has 0 spiro atoms. The van der Waals surface area contributed by atoms with Gasteiger partial charge < -0.3 is 15.2 Å². The van der Waals surface area contributed by atoms with Crippen LogP contribution in [0.25, 0.3) is 0 Å². The lowest BCUT2D eigenvalue weighted by atomic mass is 10.2. The molecule has 5 heteroatoms. The molecule has 2 aromatic rings. The fraction of sp³-hybridized carbons (Fsp3) is 0.250. The first-order valence-electron chi connectivity index (χ1n) is 6.64. The molecule has 0 aliphatic rings. The minimum atomic E-state index is -0.573. The van der Waals surface area contributed by atoms with Gasteiger partial charge in [0.25, 0.3) is 0 Å². The van der Waals surface area contributed by atoms with Crippen molar-refractivity contribution in [1.82, 2.24) is 0 Å². The molecule has 0 saturated heterocycles. The minimum absolute atomic E-state index is 0.259. The van der Waals surface area contributed by atoms with Crippen LogP contribution in [0.1, 0.15) is 5.56 Å². The van der Waals surface area contributed by atoms with Crippen LogP contribution >= 0.6 is 27.5 Å². The van der Waals surface area contributed by atoms with Crippen molar-refractivity contribution in [3.63, 3.8) is 0 Å². The summed E-state index contributed by atoms with van der Waals surface area (Å²) >= 11 is 9.41. The first kappa shape index (κ1) is 16.3. The quantitative estimate of drug-likeness (QED) is 0.771. The lowest BCUT2D eigenvalue weighted by Gasteiger charge is -2.13. The van der Waals surface area contributed by atoms with Gasteiger partial charge in [0.15, 0.2) is 0 Å².